The molecule has 4 nitrogen and oxygen atoms in total. The lowest BCUT2D eigenvalue weighted by molar-refractivity contribution is 1.12. The van der Waals surface area contributed by atoms with Gasteiger partial charge in [0.25, 0.3) is 0 Å². The Bertz CT molecular complexity index is 390. The number of rotatable bonds is 1. The van der Waals surface area contributed by atoms with Gasteiger partial charge in [-0.1, -0.05) is 0 Å². The van der Waals surface area contributed by atoms with Crippen molar-refractivity contribution in [3.8, 4) is 10.7 Å². The highest BCUT2D eigenvalue weighted by molar-refractivity contribution is 7.13. The number of nitrogens with zero attached hydrogens (tertiary/aromatic N) is 3. The molecule has 5 heteroatoms. The lowest BCUT2D eigenvalue weighted by Crippen LogP contribution is -1.96. The first kappa shape index (κ1) is 8.12. The summed E-state index contributed by atoms with van der Waals surface area (Å²) in [6.07, 6.45) is 1.74. The van der Waals surface area contributed by atoms with Crippen molar-refractivity contribution in [1.29, 1.82) is 0 Å². The second-order valence-corrected chi connectivity index (χ2v) is 3.51. The molecule has 0 aliphatic rings. The standard InChI is InChI=1S/C8H8N4S/c1-5-2-7(9)12-8(11-5)6-3-10-4-13-6/h2-4H,1H3,(H2,9,11,12). The number of hydrogen-bond acceptors (Lipinski definition) is 5. The van der Waals surface area contributed by atoms with Gasteiger partial charge in [-0.2, -0.15) is 0 Å². The zero-order valence-corrected chi connectivity index (χ0v) is 7.88. The van der Waals surface area contributed by atoms with E-state index in [0.717, 1.165) is 10.6 Å². The van der Waals surface area contributed by atoms with Crippen LogP contribution in [0.5, 0.6) is 0 Å². The van der Waals surface area contributed by atoms with Crippen molar-refractivity contribution in [3.63, 3.8) is 0 Å². The fourth-order valence-electron chi connectivity index (χ4n) is 1.03. The highest BCUT2D eigenvalue weighted by Crippen LogP contribution is 2.19. The molecule has 0 amide bonds. The number of aryl methyl sites for hydroxylation is 1. The van der Waals surface area contributed by atoms with Crippen LogP contribution in [0, 0.1) is 6.92 Å². The third-order valence-electron chi connectivity index (χ3n) is 1.53. The quantitative estimate of drug-likeness (QED) is 0.743. The minimum absolute atomic E-state index is 0.496. The van der Waals surface area contributed by atoms with Crippen LogP contribution in [0.1, 0.15) is 5.69 Å². The summed E-state index contributed by atoms with van der Waals surface area (Å²) in [5, 5.41) is 0. The molecule has 66 valence electrons. The van der Waals surface area contributed by atoms with Gasteiger partial charge in [0, 0.05) is 18.0 Å². The zero-order chi connectivity index (χ0) is 9.26. The van der Waals surface area contributed by atoms with Crippen molar-refractivity contribution >= 4 is 17.2 Å². The topological polar surface area (TPSA) is 64.7 Å². The van der Waals surface area contributed by atoms with Crippen LogP contribution < -0.4 is 5.73 Å². The van der Waals surface area contributed by atoms with Gasteiger partial charge in [-0.25, -0.2) is 9.97 Å². The summed E-state index contributed by atoms with van der Waals surface area (Å²) in [5.74, 6) is 1.15. The Labute approximate surface area is 79.5 Å². The Morgan fingerprint density at radius 1 is 1.38 bits per heavy atom. The molecule has 0 aliphatic carbocycles. The Morgan fingerprint density at radius 2 is 2.23 bits per heavy atom. The zero-order valence-electron chi connectivity index (χ0n) is 7.06. The molecule has 0 fully saturated rings. The molecule has 2 heterocycles. The van der Waals surface area contributed by atoms with Gasteiger partial charge in [-0.3, -0.25) is 4.98 Å². The third-order valence-corrected chi connectivity index (χ3v) is 2.30. The molecule has 0 aliphatic heterocycles. The van der Waals surface area contributed by atoms with Crippen LogP contribution in [-0.2, 0) is 0 Å². The van der Waals surface area contributed by atoms with Crippen molar-refractivity contribution in [3.05, 3.63) is 23.5 Å². The summed E-state index contributed by atoms with van der Waals surface area (Å²) in [7, 11) is 0. The molecule has 13 heavy (non-hydrogen) atoms. The fourth-order valence-corrected chi connectivity index (χ4v) is 1.58. The smallest absolute Gasteiger partial charge is 0.173 e. The molecule has 0 unspecified atom stereocenters. The van der Waals surface area contributed by atoms with E-state index in [-0.39, 0.29) is 0 Å². The van der Waals surface area contributed by atoms with Gasteiger partial charge in [0.2, 0.25) is 0 Å². The Morgan fingerprint density at radius 3 is 2.85 bits per heavy atom. The maximum atomic E-state index is 5.60. The highest BCUT2D eigenvalue weighted by atomic mass is 32.1. The maximum Gasteiger partial charge on any atom is 0.173 e. The van der Waals surface area contributed by atoms with E-state index in [4.69, 9.17) is 5.73 Å². The van der Waals surface area contributed by atoms with E-state index in [0.29, 0.717) is 11.6 Å². The van der Waals surface area contributed by atoms with E-state index >= 15 is 0 Å². The molecule has 0 bridgehead atoms. The van der Waals surface area contributed by atoms with Gasteiger partial charge >= 0.3 is 0 Å². The monoisotopic (exact) mass is 192 g/mol. The first-order valence-electron chi connectivity index (χ1n) is 3.76. The average molecular weight is 192 g/mol. The van der Waals surface area contributed by atoms with Crippen LogP contribution >= 0.6 is 11.3 Å². The first-order valence-corrected chi connectivity index (χ1v) is 4.64. The van der Waals surface area contributed by atoms with Crippen LogP contribution in [0.15, 0.2) is 17.8 Å². The number of nitrogen functional groups attached to an aromatic ring is 1. The van der Waals surface area contributed by atoms with Crippen LogP contribution in [0.4, 0.5) is 5.82 Å². The van der Waals surface area contributed by atoms with E-state index in [2.05, 4.69) is 15.0 Å². The van der Waals surface area contributed by atoms with Crippen LogP contribution in [0.3, 0.4) is 0 Å². The van der Waals surface area contributed by atoms with Gasteiger partial charge in [-0.05, 0) is 6.92 Å². The van der Waals surface area contributed by atoms with E-state index in [1.165, 1.54) is 11.3 Å². The summed E-state index contributed by atoms with van der Waals surface area (Å²) >= 11 is 1.50. The highest BCUT2D eigenvalue weighted by Gasteiger charge is 2.03. The van der Waals surface area contributed by atoms with E-state index in [1.807, 2.05) is 6.92 Å². The second-order valence-electron chi connectivity index (χ2n) is 2.62. The molecule has 0 spiro atoms. The van der Waals surface area contributed by atoms with Gasteiger partial charge in [-0.15, -0.1) is 11.3 Å². The van der Waals surface area contributed by atoms with Gasteiger partial charge in [0.15, 0.2) is 5.82 Å². The van der Waals surface area contributed by atoms with Gasteiger partial charge in [0.1, 0.15) is 5.82 Å². The predicted octanol–water partition coefficient (Wildman–Crippen LogP) is 1.49. The molecular formula is C8H8N4S. The van der Waals surface area contributed by atoms with E-state index in [1.54, 1.807) is 17.8 Å². The SMILES string of the molecule is Cc1cc(N)nc(-c2cncs2)n1. The number of thiazole rings is 1. The molecule has 2 N–H and O–H groups in total. The van der Waals surface area contributed by atoms with Crippen LogP contribution in [0.2, 0.25) is 0 Å². The largest absolute Gasteiger partial charge is 0.384 e. The Balaban J connectivity index is 2.53. The summed E-state index contributed by atoms with van der Waals surface area (Å²) < 4.78 is 0. The number of hydrogen-bond donors (Lipinski definition) is 1. The number of aromatic nitrogens is 3. The van der Waals surface area contributed by atoms with Crippen molar-refractivity contribution in [2.45, 2.75) is 6.92 Å². The molecule has 0 saturated carbocycles. The maximum absolute atomic E-state index is 5.60. The van der Waals surface area contributed by atoms with E-state index in [9.17, 15) is 0 Å². The molecule has 0 saturated heterocycles. The lowest BCUT2D eigenvalue weighted by atomic mass is 10.4. The molecule has 2 rings (SSSR count). The number of anilines is 1. The molecule has 0 atom stereocenters. The van der Waals surface area contributed by atoms with E-state index < -0.39 is 0 Å². The second kappa shape index (κ2) is 3.10. The summed E-state index contributed by atoms with van der Waals surface area (Å²) in [6, 6.07) is 1.74. The lowest BCUT2D eigenvalue weighted by Gasteiger charge is -1.98. The normalized spacial score (nSPS) is 10.2. The predicted molar refractivity (Wildman–Crippen MR) is 52.3 cm³/mol. The molecule has 2 aromatic heterocycles. The molecular weight excluding hydrogens is 184 g/mol. The van der Waals surface area contributed by atoms with Crippen molar-refractivity contribution in [1.82, 2.24) is 15.0 Å². The minimum Gasteiger partial charge on any atom is -0.384 e. The molecule has 0 aromatic carbocycles. The summed E-state index contributed by atoms with van der Waals surface area (Å²) in [5.41, 5.74) is 8.22. The van der Waals surface area contributed by atoms with Gasteiger partial charge in [0.05, 0.1) is 10.4 Å². The first-order chi connectivity index (χ1) is 6.25. The van der Waals surface area contributed by atoms with Crippen LogP contribution in [-0.4, -0.2) is 15.0 Å². The van der Waals surface area contributed by atoms with Gasteiger partial charge < -0.3 is 5.73 Å². The summed E-state index contributed by atoms with van der Waals surface area (Å²) in [6.45, 7) is 1.89. The van der Waals surface area contributed by atoms with Crippen LogP contribution in [0.25, 0.3) is 10.7 Å². The molecule has 0 radical (unpaired) electrons. The van der Waals surface area contributed by atoms with Crippen molar-refractivity contribution in [2.24, 2.45) is 0 Å². The van der Waals surface area contributed by atoms with Crippen molar-refractivity contribution < 1.29 is 0 Å². The Hall–Kier alpha value is -1.49. The van der Waals surface area contributed by atoms with Crippen molar-refractivity contribution in [2.75, 3.05) is 5.73 Å². The fraction of sp³-hybridized carbons (Fsp3) is 0.125. The minimum atomic E-state index is 0.496. The number of nitrogens with two attached hydrogens (primary N) is 1. The Kier molecular flexibility index (Phi) is 1.94. The molecule has 2 aromatic rings. The summed E-state index contributed by atoms with van der Waals surface area (Å²) in [4.78, 5) is 13.3. The third kappa shape index (κ3) is 1.65. The average Bonchev–Trinajstić information content (AvgIpc) is 2.53.